The summed E-state index contributed by atoms with van der Waals surface area (Å²) in [6, 6.07) is 5.17. The highest BCUT2D eigenvalue weighted by Gasteiger charge is 2.18. The molecule has 0 saturated carbocycles. The summed E-state index contributed by atoms with van der Waals surface area (Å²) in [7, 11) is -1.52. The first-order valence-electron chi connectivity index (χ1n) is 6.93. The van der Waals surface area contributed by atoms with Crippen molar-refractivity contribution < 1.29 is 8.42 Å². The van der Waals surface area contributed by atoms with E-state index in [1.54, 1.807) is 19.1 Å². The normalized spacial score (nSPS) is 20.9. The van der Waals surface area contributed by atoms with Gasteiger partial charge in [-0.3, -0.25) is 0 Å². The van der Waals surface area contributed by atoms with Crippen molar-refractivity contribution in [3.63, 3.8) is 0 Å². The monoisotopic (exact) mass is 297 g/mol. The number of anilines is 1. The summed E-state index contributed by atoms with van der Waals surface area (Å²) in [5, 5.41) is 8.59. The van der Waals surface area contributed by atoms with Gasteiger partial charge in [0.1, 0.15) is 0 Å². The Kier molecular flexibility index (Phi) is 4.67. The Hall–Kier alpha value is -1.11. The van der Waals surface area contributed by atoms with Crippen LogP contribution in [0, 0.1) is 12.8 Å². The second kappa shape index (κ2) is 6.11. The van der Waals surface area contributed by atoms with E-state index >= 15 is 0 Å². The first kappa shape index (κ1) is 15.3. The molecule has 1 aromatic rings. The van der Waals surface area contributed by atoms with Crippen LogP contribution in [-0.4, -0.2) is 40.0 Å². The van der Waals surface area contributed by atoms with Crippen molar-refractivity contribution in [3.05, 3.63) is 23.8 Å². The van der Waals surface area contributed by atoms with E-state index in [0.717, 1.165) is 25.3 Å². The summed E-state index contributed by atoms with van der Waals surface area (Å²) >= 11 is 0. The van der Waals surface area contributed by atoms with Gasteiger partial charge in [0, 0.05) is 18.8 Å². The highest BCUT2D eigenvalue weighted by Crippen LogP contribution is 2.23. The van der Waals surface area contributed by atoms with E-state index < -0.39 is 10.0 Å². The molecular formula is C14H23N3O2S. The van der Waals surface area contributed by atoms with Crippen LogP contribution in [0.5, 0.6) is 0 Å². The maximum Gasteiger partial charge on any atom is 0.238 e. The molecule has 1 atom stereocenters. The summed E-state index contributed by atoms with van der Waals surface area (Å²) in [6.07, 6.45) is 2.43. The molecule has 0 bridgehead atoms. The van der Waals surface area contributed by atoms with Gasteiger partial charge in [0.25, 0.3) is 0 Å². The van der Waals surface area contributed by atoms with Crippen LogP contribution >= 0.6 is 0 Å². The van der Waals surface area contributed by atoms with Gasteiger partial charge in [0.15, 0.2) is 0 Å². The third-order valence-electron chi connectivity index (χ3n) is 3.89. The molecule has 6 heteroatoms. The Morgan fingerprint density at radius 1 is 1.45 bits per heavy atom. The van der Waals surface area contributed by atoms with Crippen molar-refractivity contribution >= 4 is 15.7 Å². The Morgan fingerprint density at radius 3 is 2.85 bits per heavy atom. The maximum absolute atomic E-state index is 11.5. The minimum Gasteiger partial charge on any atom is -0.384 e. The molecule has 0 amide bonds. The smallest absolute Gasteiger partial charge is 0.238 e. The summed E-state index contributed by atoms with van der Waals surface area (Å²) < 4.78 is 23.0. The molecule has 112 valence electrons. The van der Waals surface area contributed by atoms with Gasteiger partial charge < -0.3 is 10.2 Å². The number of nitrogens with zero attached hydrogens (tertiary/aromatic N) is 1. The van der Waals surface area contributed by atoms with Crippen molar-refractivity contribution in [2.75, 3.05) is 32.0 Å². The van der Waals surface area contributed by atoms with Crippen molar-refractivity contribution in [2.24, 2.45) is 11.1 Å². The summed E-state index contributed by atoms with van der Waals surface area (Å²) in [6.45, 7) is 4.89. The molecule has 2 rings (SSSR count). The summed E-state index contributed by atoms with van der Waals surface area (Å²) in [4.78, 5) is 2.53. The number of nitrogens with one attached hydrogen (secondary N) is 1. The van der Waals surface area contributed by atoms with Gasteiger partial charge in [-0.1, -0.05) is 6.07 Å². The molecule has 0 radical (unpaired) electrons. The van der Waals surface area contributed by atoms with Crippen LogP contribution < -0.4 is 10.5 Å². The number of sulfonamides is 1. The molecule has 1 aliphatic heterocycles. The number of piperidine rings is 1. The van der Waals surface area contributed by atoms with Gasteiger partial charge in [-0.25, -0.2) is 13.6 Å². The molecule has 1 aromatic carbocycles. The molecule has 1 heterocycles. The first-order valence-corrected chi connectivity index (χ1v) is 8.47. The predicted octanol–water partition coefficient (Wildman–Crippen LogP) is 1.40. The van der Waals surface area contributed by atoms with Crippen molar-refractivity contribution in [3.8, 4) is 0 Å². The minimum atomic E-state index is -3.66. The van der Waals surface area contributed by atoms with Gasteiger partial charge in [-0.05, 0) is 57.0 Å². The summed E-state index contributed by atoms with van der Waals surface area (Å²) in [5.74, 6) is 0.603. The molecule has 0 aliphatic carbocycles. The van der Waals surface area contributed by atoms with Gasteiger partial charge >= 0.3 is 0 Å². The van der Waals surface area contributed by atoms with Gasteiger partial charge in [0.05, 0.1) is 4.90 Å². The van der Waals surface area contributed by atoms with E-state index in [4.69, 9.17) is 5.14 Å². The van der Waals surface area contributed by atoms with E-state index in [-0.39, 0.29) is 4.90 Å². The highest BCUT2D eigenvalue weighted by molar-refractivity contribution is 7.89. The Balaban J connectivity index is 2.07. The first-order chi connectivity index (χ1) is 9.38. The van der Waals surface area contributed by atoms with Crippen LogP contribution in [0.4, 0.5) is 5.69 Å². The molecule has 3 N–H and O–H groups in total. The lowest BCUT2D eigenvalue weighted by Gasteiger charge is -2.30. The van der Waals surface area contributed by atoms with E-state index in [1.807, 2.05) is 6.07 Å². The maximum atomic E-state index is 11.5. The SMILES string of the molecule is Cc1c(NCC2CCCN(C)C2)cccc1S(N)(=O)=O. The molecule has 20 heavy (non-hydrogen) atoms. The van der Waals surface area contributed by atoms with Crippen LogP contribution in [0.25, 0.3) is 0 Å². The van der Waals surface area contributed by atoms with Crippen LogP contribution in [0.1, 0.15) is 18.4 Å². The molecule has 1 saturated heterocycles. The lowest BCUT2D eigenvalue weighted by Crippen LogP contribution is -2.35. The van der Waals surface area contributed by atoms with Gasteiger partial charge in [-0.15, -0.1) is 0 Å². The zero-order valence-electron chi connectivity index (χ0n) is 12.1. The standard InChI is InChI=1S/C14H23N3O2S/c1-11-13(6-3-7-14(11)20(15,18)19)16-9-12-5-4-8-17(2)10-12/h3,6-7,12,16H,4-5,8-10H2,1-2H3,(H2,15,18,19). The van der Waals surface area contributed by atoms with Crippen LogP contribution in [0.15, 0.2) is 23.1 Å². The number of hydrogen-bond acceptors (Lipinski definition) is 4. The van der Waals surface area contributed by atoms with Crippen LogP contribution in [0.2, 0.25) is 0 Å². The Bertz CT molecular complexity index is 572. The van der Waals surface area contributed by atoms with Gasteiger partial charge in [0.2, 0.25) is 10.0 Å². The van der Waals surface area contributed by atoms with E-state index in [0.29, 0.717) is 11.5 Å². The molecule has 5 nitrogen and oxygen atoms in total. The molecule has 0 spiro atoms. The lowest BCUT2D eigenvalue weighted by atomic mass is 9.98. The largest absolute Gasteiger partial charge is 0.384 e. The molecular weight excluding hydrogens is 274 g/mol. The highest BCUT2D eigenvalue weighted by atomic mass is 32.2. The fourth-order valence-electron chi connectivity index (χ4n) is 2.81. The number of rotatable bonds is 4. The fourth-order valence-corrected chi connectivity index (χ4v) is 3.61. The zero-order chi connectivity index (χ0) is 14.8. The third kappa shape index (κ3) is 3.71. The van der Waals surface area contributed by atoms with Crippen molar-refractivity contribution in [1.82, 2.24) is 4.90 Å². The molecule has 1 fully saturated rings. The fraction of sp³-hybridized carbons (Fsp3) is 0.571. The molecule has 1 unspecified atom stereocenters. The minimum absolute atomic E-state index is 0.197. The molecule has 1 aliphatic rings. The second-order valence-electron chi connectivity index (χ2n) is 5.63. The average molecular weight is 297 g/mol. The van der Waals surface area contributed by atoms with Crippen molar-refractivity contribution in [1.29, 1.82) is 0 Å². The second-order valence-corrected chi connectivity index (χ2v) is 7.15. The number of nitrogens with two attached hydrogens (primary N) is 1. The third-order valence-corrected chi connectivity index (χ3v) is 4.95. The van der Waals surface area contributed by atoms with Crippen molar-refractivity contribution in [2.45, 2.75) is 24.7 Å². The van der Waals surface area contributed by atoms with E-state index in [1.165, 1.54) is 12.8 Å². The summed E-state index contributed by atoms with van der Waals surface area (Å²) in [5.41, 5.74) is 1.55. The molecule has 0 aromatic heterocycles. The lowest BCUT2D eigenvalue weighted by molar-refractivity contribution is 0.217. The average Bonchev–Trinajstić information content (AvgIpc) is 2.36. The number of benzene rings is 1. The van der Waals surface area contributed by atoms with Crippen LogP contribution in [0.3, 0.4) is 0 Å². The van der Waals surface area contributed by atoms with Gasteiger partial charge in [-0.2, -0.15) is 0 Å². The van der Waals surface area contributed by atoms with E-state index in [9.17, 15) is 8.42 Å². The van der Waals surface area contributed by atoms with E-state index in [2.05, 4.69) is 17.3 Å². The predicted molar refractivity (Wildman–Crippen MR) is 81.3 cm³/mol. The Morgan fingerprint density at radius 2 is 2.20 bits per heavy atom. The quantitative estimate of drug-likeness (QED) is 0.881. The van der Waals surface area contributed by atoms with Crippen LogP contribution in [-0.2, 0) is 10.0 Å². The number of primary sulfonamides is 1. The number of likely N-dealkylation sites (tertiary alicyclic amines) is 1. The number of hydrogen-bond donors (Lipinski definition) is 2. The topological polar surface area (TPSA) is 75.4 Å². The Labute approximate surface area is 121 Å². The zero-order valence-corrected chi connectivity index (χ0v) is 12.9.